The van der Waals surface area contributed by atoms with E-state index in [9.17, 15) is 13.2 Å². The SMILES string of the molecule is CC(C)NC(=O)c1ccc(Cn2ccc3cc(NS(=O)(=O)c4ccc(C(C)(C)C)cc4)ccc32)cc1. The van der Waals surface area contributed by atoms with Gasteiger partial charge < -0.3 is 9.88 Å². The van der Waals surface area contributed by atoms with Crippen molar-refractivity contribution < 1.29 is 13.2 Å². The van der Waals surface area contributed by atoms with Gasteiger partial charge in [-0.3, -0.25) is 9.52 Å². The molecule has 0 unspecified atom stereocenters. The number of amides is 1. The standard InChI is InChI=1S/C29H33N3O3S/c1-20(2)30-28(33)22-8-6-21(7-9-22)19-32-17-16-23-18-25(12-15-27(23)32)31-36(34,35)26-13-10-24(11-14-26)29(3,4)5/h6-18,20,31H,19H2,1-5H3,(H,30,33). The highest BCUT2D eigenvalue weighted by molar-refractivity contribution is 7.92. The fourth-order valence-corrected chi connectivity index (χ4v) is 5.10. The smallest absolute Gasteiger partial charge is 0.261 e. The van der Waals surface area contributed by atoms with Gasteiger partial charge in [0, 0.05) is 40.9 Å². The topological polar surface area (TPSA) is 80.2 Å². The van der Waals surface area contributed by atoms with Gasteiger partial charge in [0.1, 0.15) is 0 Å². The molecule has 1 heterocycles. The molecule has 2 N–H and O–H groups in total. The quantitative estimate of drug-likeness (QED) is 0.328. The zero-order valence-electron chi connectivity index (χ0n) is 21.4. The first kappa shape index (κ1) is 25.5. The molecule has 1 aromatic heterocycles. The first-order chi connectivity index (χ1) is 16.9. The maximum absolute atomic E-state index is 12.9. The Morgan fingerprint density at radius 1 is 0.917 bits per heavy atom. The number of carbonyl (C=O) groups is 1. The highest BCUT2D eigenvalue weighted by Gasteiger charge is 2.18. The minimum atomic E-state index is -3.69. The number of hydrogen-bond donors (Lipinski definition) is 2. The summed E-state index contributed by atoms with van der Waals surface area (Å²) in [6, 6.07) is 22.2. The summed E-state index contributed by atoms with van der Waals surface area (Å²) in [6.45, 7) is 10.8. The molecule has 0 bridgehead atoms. The Kier molecular flexibility index (Phi) is 6.96. The lowest BCUT2D eigenvalue weighted by Gasteiger charge is -2.19. The largest absolute Gasteiger partial charge is 0.350 e. The summed E-state index contributed by atoms with van der Waals surface area (Å²) in [5.41, 5.74) is 4.25. The Morgan fingerprint density at radius 3 is 2.19 bits per heavy atom. The van der Waals surface area contributed by atoms with Crippen molar-refractivity contribution in [1.82, 2.24) is 9.88 Å². The van der Waals surface area contributed by atoms with Crippen LogP contribution in [-0.2, 0) is 22.0 Å². The third kappa shape index (κ3) is 5.79. The number of fused-ring (bicyclic) bond motifs is 1. The van der Waals surface area contributed by atoms with Crippen LogP contribution < -0.4 is 10.0 Å². The molecule has 0 aliphatic heterocycles. The molecule has 0 spiro atoms. The number of benzene rings is 3. The van der Waals surface area contributed by atoms with Gasteiger partial charge in [-0.25, -0.2) is 8.42 Å². The predicted octanol–water partition coefficient (Wildman–Crippen LogP) is 5.93. The van der Waals surface area contributed by atoms with Crippen molar-refractivity contribution >= 4 is 32.5 Å². The molecule has 6 nitrogen and oxygen atoms in total. The molecule has 4 aromatic rings. The third-order valence-corrected chi connectivity index (χ3v) is 7.44. The fourth-order valence-electron chi connectivity index (χ4n) is 4.05. The summed E-state index contributed by atoms with van der Waals surface area (Å²) in [7, 11) is -3.69. The van der Waals surface area contributed by atoms with Gasteiger partial charge >= 0.3 is 0 Å². The molecule has 0 fully saturated rings. The average molecular weight is 504 g/mol. The lowest BCUT2D eigenvalue weighted by Crippen LogP contribution is -2.29. The zero-order valence-corrected chi connectivity index (χ0v) is 22.2. The van der Waals surface area contributed by atoms with Crippen LogP contribution in [0.25, 0.3) is 10.9 Å². The summed E-state index contributed by atoms with van der Waals surface area (Å²) < 4.78 is 30.7. The van der Waals surface area contributed by atoms with Crippen LogP contribution in [0.4, 0.5) is 5.69 Å². The second kappa shape index (κ2) is 9.82. The molecule has 0 saturated heterocycles. The molecule has 0 atom stereocenters. The Balaban J connectivity index is 1.49. The molecule has 0 radical (unpaired) electrons. The normalized spacial score (nSPS) is 12.2. The van der Waals surface area contributed by atoms with Gasteiger partial charge in [-0.1, -0.05) is 45.0 Å². The molecule has 1 amide bonds. The molecule has 3 aromatic carbocycles. The van der Waals surface area contributed by atoms with Crippen molar-refractivity contribution in [2.75, 3.05) is 4.72 Å². The van der Waals surface area contributed by atoms with Gasteiger partial charge in [-0.2, -0.15) is 0 Å². The van der Waals surface area contributed by atoms with E-state index in [0.29, 0.717) is 17.8 Å². The van der Waals surface area contributed by atoms with Crippen molar-refractivity contribution in [2.24, 2.45) is 0 Å². The summed E-state index contributed by atoms with van der Waals surface area (Å²) >= 11 is 0. The number of anilines is 1. The van der Waals surface area contributed by atoms with Gasteiger partial charge in [0.05, 0.1) is 4.90 Å². The average Bonchev–Trinajstić information content (AvgIpc) is 3.20. The molecule has 36 heavy (non-hydrogen) atoms. The van der Waals surface area contributed by atoms with Crippen LogP contribution >= 0.6 is 0 Å². The third-order valence-electron chi connectivity index (χ3n) is 6.04. The lowest BCUT2D eigenvalue weighted by atomic mass is 9.87. The van der Waals surface area contributed by atoms with Gasteiger partial charge in [0.25, 0.3) is 15.9 Å². The number of rotatable bonds is 7. The first-order valence-electron chi connectivity index (χ1n) is 12.0. The van der Waals surface area contributed by atoms with E-state index >= 15 is 0 Å². The second-order valence-corrected chi connectivity index (χ2v) is 12.1. The fraction of sp³-hybridized carbons (Fsp3) is 0.276. The maximum Gasteiger partial charge on any atom is 0.261 e. The van der Waals surface area contributed by atoms with Crippen LogP contribution in [0.3, 0.4) is 0 Å². The summed E-state index contributed by atoms with van der Waals surface area (Å²) in [5.74, 6) is -0.0805. The minimum absolute atomic E-state index is 0.0433. The second-order valence-electron chi connectivity index (χ2n) is 10.4. The van der Waals surface area contributed by atoms with E-state index in [1.807, 2.05) is 74.6 Å². The van der Waals surface area contributed by atoms with Crippen molar-refractivity contribution in [2.45, 2.75) is 57.5 Å². The first-order valence-corrected chi connectivity index (χ1v) is 13.5. The molecule has 0 aliphatic carbocycles. The van der Waals surface area contributed by atoms with Gasteiger partial charge in [-0.15, -0.1) is 0 Å². The van der Waals surface area contributed by atoms with Crippen LogP contribution in [0.2, 0.25) is 0 Å². The number of carbonyl (C=O) groups excluding carboxylic acids is 1. The molecule has 0 aliphatic rings. The number of sulfonamides is 1. The highest BCUT2D eigenvalue weighted by Crippen LogP contribution is 2.26. The number of nitrogens with one attached hydrogen (secondary N) is 2. The van der Waals surface area contributed by atoms with E-state index < -0.39 is 10.0 Å². The monoisotopic (exact) mass is 503 g/mol. The maximum atomic E-state index is 12.9. The highest BCUT2D eigenvalue weighted by atomic mass is 32.2. The van der Waals surface area contributed by atoms with E-state index in [0.717, 1.165) is 22.0 Å². The van der Waals surface area contributed by atoms with Gasteiger partial charge in [0.2, 0.25) is 0 Å². The van der Waals surface area contributed by atoms with E-state index in [1.165, 1.54) is 0 Å². The molecule has 188 valence electrons. The molecular weight excluding hydrogens is 470 g/mol. The Bertz CT molecular complexity index is 1480. The zero-order chi connectivity index (χ0) is 26.1. The molecular formula is C29H33N3O3S. The summed E-state index contributed by atoms with van der Waals surface area (Å²) in [4.78, 5) is 12.4. The molecule has 0 saturated carbocycles. The van der Waals surface area contributed by atoms with E-state index in [-0.39, 0.29) is 22.3 Å². The lowest BCUT2D eigenvalue weighted by molar-refractivity contribution is 0.0943. The van der Waals surface area contributed by atoms with Crippen molar-refractivity contribution in [3.8, 4) is 0 Å². The predicted molar refractivity (Wildman–Crippen MR) is 146 cm³/mol. The van der Waals surface area contributed by atoms with Crippen molar-refractivity contribution in [1.29, 1.82) is 0 Å². The van der Waals surface area contributed by atoms with E-state index in [2.05, 4.69) is 35.4 Å². The summed E-state index contributed by atoms with van der Waals surface area (Å²) in [6.07, 6.45) is 1.98. The van der Waals surface area contributed by atoms with Gasteiger partial charge in [-0.05, 0) is 78.9 Å². The molecule has 7 heteroatoms. The summed E-state index contributed by atoms with van der Waals surface area (Å²) in [5, 5.41) is 3.83. The van der Waals surface area contributed by atoms with Crippen LogP contribution in [-0.4, -0.2) is 24.9 Å². The van der Waals surface area contributed by atoms with E-state index in [4.69, 9.17) is 0 Å². The van der Waals surface area contributed by atoms with Crippen LogP contribution in [0, 0.1) is 0 Å². The molecule has 4 rings (SSSR count). The Hall–Kier alpha value is -3.58. The number of nitrogens with zero attached hydrogens (tertiary/aromatic N) is 1. The Morgan fingerprint density at radius 2 is 1.58 bits per heavy atom. The van der Waals surface area contributed by atoms with Crippen LogP contribution in [0.1, 0.15) is 56.1 Å². The van der Waals surface area contributed by atoms with Crippen LogP contribution in [0.5, 0.6) is 0 Å². The van der Waals surface area contributed by atoms with Crippen molar-refractivity contribution in [3.63, 3.8) is 0 Å². The van der Waals surface area contributed by atoms with Gasteiger partial charge in [0.15, 0.2) is 0 Å². The minimum Gasteiger partial charge on any atom is -0.350 e. The number of hydrogen-bond acceptors (Lipinski definition) is 3. The van der Waals surface area contributed by atoms with Crippen LogP contribution in [0.15, 0.2) is 83.9 Å². The van der Waals surface area contributed by atoms with E-state index in [1.54, 1.807) is 18.2 Å². The number of aromatic nitrogens is 1. The van der Waals surface area contributed by atoms with Crippen molar-refractivity contribution in [3.05, 3.63) is 95.7 Å². The Labute approximate surface area is 213 Å².